The molecule has 1 aliphatic heterocycles. The molecule has 0 saturated heterocycles. The highest BCUT2D eigenvalue weighted by molar-refractivity contribution is 5.49. The minimum absolute atomic E-state index is 0.360. The van der Waals surface area contributed by atoms with E-state index in [-0.39, 0.29) is 0 Å². The molecule has 0 spiro atoms. The SMILES string of the molecule is C[C@@H]1c2ccccc2CCN1c1ccnc(NC2CC2)n1. The Kier molecular flexibility index (Phi) is 3.02. The Bertz CT molecular complexity index is 651. The van der Waals surface area contributed by atoms with Crippen molar-refractivity contribution in [1.82, 2.24) is 9.97 Å². The molecule has 1 aromatic heterocycles. The quantitative estimate of drug-likeness (QED) is 0.937. The van der Waals surface area contributed by atoms with Crippen LogP contribution in [0.25, 0.3) is 0 Å². The summed E-state index contributed by atoms with van der Waals surface area (Å²) in [6.45, 7) is 3.27. The minimum atomic E-state index is 0.360. The van der Waals surface area contributed by atoms with E-state index >= 15 is 0 Å². The Labute approximate surface area is 125 Å². The van der Waals surface area contributed by atoms with E-state index in [1.54, 1.807) is 0 Å². The fraction of sp³-hybridized carbons (Fsp3) is 0.412. The first-order chi connectivity index (χ1) is 10.3. The van der Waals surface area contributed by atoms with Gasteiger partial charge in [-0.25, -0.2) is 4.98 Å². The van der Waals surface area contributed by atoms with Gasteiger partial charge in [-0.05, 0) is 43.4 Å². The topological polar surface area (TPSA) is 41.1 Å². The molecular formula is C17H20N4. The molecule has 4 nitrogen and oxygen atoms in total. The molecule has 1 N–H and O–H groups in total. The Morgan fingerprint density at radius 1 is 1.19 bits per heavy atom. The average Bonchev–Trinajstić information content (AvgIpc) is 3.32. The van der Waals surface area contributed by atoms with Crippen LogP contribution in [-0.4, -0.2) is 22.6 Å². The van der Waals surface area contributed by atoms with Crippen molar-refractivity contribution in [3.05, 3.63) is 47.7 Å². The monoisotopic (exact) mass is 280 g/mol. The van der Waals surface area contributed by atoms with Crippen LogP contribution in [0.3, 0.4) is 0 Å². The first-order valence-electron chi connectivity index (χ1n) is 7.75. The highest BCUT2D eigenvalue weighted by Crippen LogP contribution is 2.32. The summed E-state index contributed by atoms with van der Waals surface area (Å²) in [6, 6.07) is 11.7. The summed E-state index contributed by atoms with van der Waals surface area (Å²) in [6.07, 6.45) is 5.42. The number of hydrogen-bond acceptors (Lipinski definition) is 4. The summed E-state index contributed by atoms with van der Waals surface area (Å²) in [5, 5.41) is 3.38. The fourth-order valence-corrected chi connectivity index (χ4v) is 3.07. The molecular weight excluding hydrogens is 260 g/mol. The summed E-state index contributed by atoms with van der Waals surface area (Å²) in [5.41, 5.74) is 2.88. The summed E-state index contributed by atoms with van der Waals surface area (Å²) in [4.78, 5) is 11.4. The fourth-order valence-electron chi connectivity index (χ4n) is 3.07. The van der Waals surface area contributed by atoms with Gasteiger partial charge in [0.25, 0.3) is 0 Å². The van der Waals surface area contributed by atoms with Crippen LogP contribution in [0.5, 0.6) is 0 Å². The molecule has 1 saturated carbocycles. The Morgan fingerprint density at radius 2 is 2.05 bits per heavy atom. The zero-order valence-corrected chi connectivity index (χ0v) is 12.3. The van der Waals surface area contributed by atoms with E-state index in [4.69, 9.17) is 4.98 Å². The molecule has 2 aliphatic rings. The van der Waals surface area contributed by atoms with Crippen molar-refractivity contribution in [2.75, 3.05) is 16.8 Å². The van der Waals surface area contributed by atoms with E-state index in [0.29, 0.717) is 12.1 Å². The molecule has 1 fully saturated rings. The molecule has 21 heavy (non-hydrogen) atoms. The molecule has 0 radical (unpaired) electrons. The standard InChI is InChI=1S/C17H20N4/c1-12-15-5-3-2-4-13(15)9-11-21(12)16-8-10-18-17(20-16)19-14-6-7-14/h2-5,8,10,12,14H,6-7,9,11H2,1H3,(H,18,19,20)/t12-/m1/s1. The lowest BCUT2D eigenvalue weighted by molar-refractivity contribution is 0.616. The first kappa shape index (κ1) is 12.6. The highest BCUT2D eigenvalue weighted by Gasteiger charge is 2.26. The smallest absolute Gasteiger partial charge is 0.224 e. The van der Waals surface area contributed by atoms with Gasteiger partial charge in [-0.2, -0.15) is 4.98 Å². The molecule has 2 heterocycles. The van der Waals surface area contributed by atoms with Gasteiger partial charge in [0, 0.05) is 18.8 Å². The maximum absolute atomic E-state index is 4.70. The Morgan fingerprint density at radius 3 is 2.90 bits per heavy atom. The summed E-state index contributed by atoms with van der Waals surface area (Å²) >= 11 is 0. The second-order valence-electron chi connectivity index (χ2n) is 5.98. The lowest BCUT2D eigenvalue weighted by Gasteiger charge is -2.36. The summed E-state index contributed by atoms with van der Waals surface area (Å²) < 4.78 is 0. The van der Waals surface area contributed by atoms with Gasteiger partial charge in [-0.1, -0.05) is 24.3 Å². The van der Waals surface area contributed by atoms with Gasteiger partial charge >= 0.3 is 0 Å². The van der Waals surface area contributed by atoms with Crippen LogP contribution < -0.4 is 10.2 Å². The number of fused-ring (bicyclic) bond motifs is 1. The van der Waals surface area contributed by atoms with Gasteiger partial charge < -0.3 is 10.2 Å². The predicted octanol–water partition coefficient (Wildman–Crippen LogP) is 3.17. The number of nitrogens with one attached hydrogen (secondary N) is 1. The van der Waals surface area contributed by atoms with E-state index in [0.717, 1.165) is 24.7 Å². The van der Waals surface area contributed by atoms with E-state index in [1.165, 1.54) is 24.0 Å². The molecule has 1 aliphatic carbocycles. The van der Waals surface area contributed by atoms with E-state index in [2.05, 4.69) is 46.4 Å². The minimum Gasteiger partial charge on any atom is -0.351 e. The van der Waals surface area contributed by atoms with Crippen LogP contribution in [0.1, 0.15) is 36.9 Å². The summed E-state index contributed by atoms with van der Waals surface area (Å²) in [7, 11) is 0. The molecule has 108 valence electrons. The van der Waals surface area contributed by atoms with Gasteiger partial charge in [0.05, 0.1) is 6.04 Å². The second-order valence-corrected chi connectivity index (χ2v) is 5.98. The van der Waals surface area contributed by atoms with Crippen LogP contribution in [0.4, 0.5) is 11.8 Å². The normalized spacial score (nSPS) is 21.0. The largest absolute Gasteiger partial charge is 0.351 e. The van der Waals surface area contributed by atoms with Gasteiger partial charge in [0.1, 0.15) is 5.82 Å². The number of aromatic nitrogens is 2. The van der Waals surface area contributed by atoms with Crippen molar-refractivity contribution in [3.63, 3.8) is 0 Å². The lowest BCUT2D eigenvalue weighted by atomic mass is 9.94. The number of benzene rings is 1. The van der Waals surface area contributed by atoms with Gasteiger partial charge in [0.2, 0.25) is 5.95 Å². The lowest BCUT2D eigenvalue weighted by Crippen LogP contribution is -2.34. The number of anilines is 2. The predicted molar refractivity (Wildman–Crippen MR) is 84.6 cm³/mol. The number of nitrogens with zero attached hydrogens (tertiary/aromatic N) is 3. The van der Waals surface area contributed by atoms with Crippen LogP contribution in [0, 0.1) is 0 Å². The maximum atomic E-state index is 4.70. The van der Waals surface area contributed by atoms with Crippen LogP contribution >= 0.6 is 0 Å². The van der Waals surface area contributed by atoms with Crippen LogP contribution in [-0.2, 0) is 6.42 Å². The maximum Gasteiger partial charge on any atom is 0.224 e. The molecule has 0 amide bonds. The molecule has 4 heteroatoms. The third-order valence-electron chi connectivity index (χ3n) is 4.44. The van der Waals surface area contributed by atoms with Crippen molar-refractivity contribution in [2.45, 2.75) is 38.3 Å². The van der Waals surface area contributed by atoms with Gasteiger partial charge in [-0.3, -0.25) is 0 Å². The molecule has 4 rings (SSSR count). The Balaban J connectivity index is 1.61. The number of rotatable bonds is 3. The van der Waals surface area contributed by atoms with E-state index in [9.17, 15) is 0 Å². The molecule has 1 aromatic carbocycles. The van der Waals surface area contributed by atoms with Crippen molar-refractivity contribution in [1.29, 1.82) is 0 Å². The molecule has 0 bridgehead atoms. The molecule has 0 unspecified atom stereocenters. The third-order valence-corrected chi connectivity index (χ3v) is 4.44. The number of hydrogen-bond donors (Lipinski definition) is 1. The Hall–Kier alpha value is -2.10. The molecule has 2 aromatic rings. The van der Waals surface area contributed by atoms with Crippen LogP contribution in [0.15, 0.2) is 36.5 Å². The second kappa shape index (κ2) is 5.02. The van der Waals surface area contributed by atoms with Gasteiger partial charge in [0.15, 0.2) is 0 Å². The molecule has 1 atom stereocenters. The van der Waals surface area contributed by atoms with Crippen molar-refractivity contribution in [3.8, 4) is 0 Å². The van der Waals surface area contributed by atoms with Crippen molar-refractivity contribution >= 4 is 11.8 Å². The van der Waals surface area contributed by atoms with Gasteiger partial charge in [-0.15, -0.1) is 0 Å². The first-order valence-corrected chi connectivity index (χ1v) is 7.75. The average molecular weight is 280 g/mol. The zero-order chi connectivity index (χ0) is 14.2. The van der Waals surface area contributed by atoms with Crippen molar-refractivity contribution < 1.29 is 0 Å². The van der Waals surface area contributed by atoms with Crippen molar-refractivity contribution in [2.24, 2.45) is 0 Å². The van der Waals surface area contributed by atoms with E-state index in [1.807, 2.05) is 12.3 Å². The zero-order valence-electron chi connectivity index (χ0n) is 12.3. The summed E-state index contributed by atoms with van der Waals surface area (Å²) in [5.74, 6) is 1.79. The third kappa shape index (κ3) is 2.46. The van der Waals surface area contributed by atoms with E-state index < -0.39 is 0 Å². The van der Waals surface area contributed by atoms with Crippen LogP contribution in [0.2, 0.25) is 0 Å². The highest BCUT2D eigenvalue weighted by atomic mass is 15.3.